The highest BCUT2D eigenvalue weighted by molar-refractivity contribution is 7.15. The normalized spacial score (nSPS) is 15.8. The molecule has 0 aliphatic carbocycles. The van der Waals surface area contributed by atoms with Crippen LogP contribution in [0.25, 0.3) is 22.7 Å². The number of nitrogens with zero attached hydrogens (tertiary/aromatic N) is 2. The number of aromatic nitrogens is 2. The first-order valence-corrected chi connectivity index (χ1v) is 10.6. The number of rotatable bonds is 6. The smallest absolute Gasteiger partial charge is 0.267 e. The molecule has 0 bridgehead atoms. The Kier molecular flexibility index (Phi) is 6.42. The summed E-state index contributed by atoms with van der Waals surface area (Å²) in [5, 5.41) is 12.8. The summed E-state index contributed by atoms with van der Waals surface area (Å²) in [7, 11) is 0. The SMILES string of the molecule is O=C(/C=C/c1cccc(/C=C/C(=O)C2NCCc3nc(-c4ccccc4)sc32)n1)NO. The monoisotopic (exact) mass is 432 g/mol. The molecule has 156 valence electrons. The molecule has 8 heteroatoms. The molecule has 1 aliphatic rings. The van der Waals surface area contributed by atoms with Gasteiger partial charge in [-0.1, -0.05) is 36.4 Å². The molecule has 0 spiro atoms. The molecule has 31 heavy (non-hydrogen) atoms. The Morgan fingerprint density at radius 1 is 1.03 bits per heavy atom. The number of thiazole rings is 1. The van der Waals surface area contributed by atoms with Crippen LogP contribution < -0.4 is 10.8 Å². The minimum absolute atomic E-state index is 0.0633. The predicted octanol–water partition coefficient (Wildman–Crippen LogP) is 3.19. The lowest BCUT2D eigenvalue weighted by atomic mass is 10.0. The maximum atomic E-state index is 12.9. The van der Waals surface area contributed by atoms with Crippen LogP contribution in [0.2, 0.25) is 0 Å². The Hall–Kier alpha value is -3.46. The van der Waals surface area contributed by atoms with Crippen molar-refractivity contribution in [3.05, 3.63) is 82.6 Å². The van der Waals surface area contributed by atoms with Crippen LogP contribution >= 0.6 is 11.3 Å². The second kappa shape index (κ2) is 9.57. The van der Waals surface area contributed by atoms with E-state index in [4.69, 9.17) is 10.2 Å². The number of fused-ring (bicyclic) bond motifs is 1. The van der Waals surface area contributed by atoms with E-state index in [0.717, 1.165) is 27.6 Å². The van der Waals surface area contributed by atoms with Crippen LogP contribution in [0.4, 0.5) is 0 Å². The third kappa shape index (κ3) is 5.00. The Morgan fingerprint density at radius 3 is 2.52 bits per heavy atom. The van der Waals surface area contributed by atoms with E-state index < -0.39 is 11.9 Å². The van der Waals surface area contributed by atoms with Crippen LogP contribution in [0, 0.1) is 0 Å². The van der Waals surface area contributed by atoms with Gasteiger partial charge in [-0.25, -0.2) is 15.4 Å². The van der Waals surface area contributed by atoms with Gasteiger partial charge in [0.05, 0.1) is 22.0 Å². The first-order chi connectivity index (χ1) is 15.1. The second-order valence-corrected chi connectivity index (χ2v) is 7.90. The molecule has 1 amide bonds. The number of carbonyl (C=O) groups excluding carboxylic acids is 2. The fourth-order valence-corrected chi connectivity index (χ4v) is 4.45. The molecule has 0 fully saturated rings. The number of hydroxylamine groups is 1. The van der Waals surface area contributed by atoms with Gasteiger partial charge >= 0.3 is 0 Å². The van der Waals surface area contributed by atoms with Crippen molar-refractivity contribution in [2.24, 2.45) is 0 Å². The fraction of sp³-hybridized carbons (Fsp3) is 0.130. The fourth-order valence-electron chi connectivity index (χ4n) is 3.25. The zero-order chi connectivity index (χ0) is 21.6. The number of nitrogens with one attached hydrogen (secondary N) is 2. The van der Waals surface area contributed by atoms with E-state index in [-0.39, 0.29) is 5.78 Å². The lowest BCUT2D eigenvalue weighted by Crippen LogP contribution is -2.33. The number of ketones is 1. The standard InChI is InChI=1S/C23H20N4O3S/c28-19(11-9-16-7-4-8-17(25-16)10-12-20(29)27-30)21-22-18(13-14-24-21)26-23(31-22)15-5-2-1-3-6-15/h1-12,21,24,30H,13-14H2,(H,27,29)/b11-9+,12-10+. The van der Waals surface area contributed by atoms with E-state index in [1.165, 1.54) is 23.7 Å². The number of pyridine rings is 1. The van der Waals surface area contributed by atoms with Gasteiger partial charge in [-0.05, 0) is 30.4 Å². The molecular formula is C23H20N4O3S. The number of hydrogen-bond acceptors (Lipinski definition) is 7. The quantitative estimate of drug-likeness (QED) is 0.314. The molecule has 2 aromatic heterocycles. The van der Waals surface area contributed by atoms with Gasteiger partial charge in [0.1, 0.15) is 11.0 Å². The highest BCUT2D eigenvalue weighted by Crippen LogP contribution is 2.34. The van der Waals surface area contributed by atoms with Gasteiger partial charge in [0, 0.05) is 24.6 Å². The summed E-state index contributed by atoms with van der Waals surface area (Å²) < 4.78 is 0. The molecule has 4 rings (SSSR count). The van der Waals surface area contributed by atoms with Crippen LogP contribution in [-0.4, -0.2) is 33.4 Å². The molecule has 1 unspecified atom stereocenters. The number of amides is 1. The highest BCUT2D eigenvalue weighted by atomic mass is 32.1. The van der Waals surface area contributed by atoms with Crippen LogP contribution in [0.15, 0.2) is 60.7 Å². The number of benzene rings is 1. The van der Waals surface area contributed by atoms with Gasteiger partial charge in [-0.3, -0.25) is 14.8 Å². The van der Waals surface area contributed by atoms with Crippen LogP contribution in [-0.2, 0) is 16.0 Å². The van der Waals surface area contributed by atoms with Crippen molar-refractivity contribution in [3.8, 4) is 10.6 Å². The molecular weight excluding hydrogens is 412 g/mol. The molecule has 0 radical (unpaired) electrons. The molecule has 1 aromatic carbocycles. The third-order valence-corrected chi connectivity index (χ3v) is 5.94. The summed E-state index contributed by atoms with van der Waals surface area (Å²) in [4.78, 5) is 34.1. The summed E-state index contributed by atoms with van der Waals surface area (Å²) in [5.74, 6) is -0.705. The van der Waals surface area contributed by atoms with E-state index in [2.05, 4.69) is 10.3 Å². The maximum absolute atomic E-state index is 12.9. The van der Waals surface area contributed by atoms with Crippen molar-refractivity contribution >= 4 is 35.2 Å². The van der Waals surface area contributed by atoms with Gasteiger partial charge in [0.2, 0.25) is 0 Å². The molecule has 3 N–H and O–H groups in total. The molecule has 3 aromatic rings. The largest absolute Gasteiger partial charge is 0.302 e. The predicted molar refractivity (Wildman–Crippen MR) is 119 cm³/mol. The van der Waals surface area contributed by atoms with Gasteiger partial charge in [0.15, 0.2) is 5.78 Å². The van der Waals surface area contributed by atoms with E-state index in [0.29, 0.717) is 17.9 Å². The van der Waals surface area contributed by atoms with Crippen molar-refractivity contribution in [1.82, 2.24) is 20.8 Å². The van der Waals surface area contributed by atoms with E-state index in [9.17, 15) is 9.59 Å². The maximum Gasteiger partial charge on any atom is 0.267 e. The zero-order valence-electron chi connectivity index (χ0n) is 16.5. The van der Waals surface area contributed by atoms with Crippen molar-refractivity contribution in [1.29, 1.82) is 0 Å². The molecule has 7 nitrogen and oxygen atoms in total. The summed E-state index contributed by atoms with van der Waals surface area (Å²) in [6, 6.07) is 14.8. The average Bonchev–Trinajstić information content (AvgIpc) is 3.26. The van der Waals surface area contributed by atoms with Crippen LogP contribution in [0.3, 0.4) is 0 Å². The summed E-state index contributed by atoms with van der Waals surface area (Å²) in [6.07, 6.45) is 6.61. The number of carbonyl (C=O) groups is 2. The average molecular weight is 433 g/mol. The van der Waals surface area contributed by atoms with E-state index in [1.54, 1.807) is 35.6 Å². The van der Waals surface area contributed by atoms with Crippen molar-refractivity contribution < 1.29 is 14.8 Å². The Morgan fingerprint density at radius 2 is 1.77 bits per heavy atom. The van der Waals surface area contributed by atoms with Gasteiger partial charge < -0.3 is 5.32 Å². The lowest BCUT2D eigenvalue weighted by molar-refractivity contribution is -0.124. The van der Waals surface area contributed by atoms with Gasteiger partial charge in [-0.15, -0.1) is 11.3 Å². The summed E-state index contributed by atoms with van der Waals surface area (Å²) >= 11 is 1.55. The van der Waals surface area contributed by atoms with E-state index >= 15 is 0 Å². The van der Waals surface area contributed by atoms with Crippen molar-refractivity contribution in [3.63, 3.8) is 0 Å². The topological polar surface area (TPSA) is 104 Å². The third-order valence-electron chi connectivity index (χ3n) is 4.73. The minimum atomic E-state index is -0.642. The summed E-state index contributed by atoms with van der Waals surface area (Å²) in [6.45, 7) is 0.695. The van der Waals surface area contributed by atoms with Crippen LogP contribution in [0.5, 0.6) is 0 Å². The lowest BCUT2D eigenvalue weighted by Gasteiger charge is -2.20. The van der Waals surface area contributed by atoms with Crippen molar-refractivity contribution in [2.75, 3.05) is 6.54 Å². The molecule has 3 heterocycles. The Balaban J connectivity index is 1.51. The molecule has 0 saturated heterocycles. The van der Waals surface area contributed by atoms with Gasteiger partial charge in [-0.2, -0.15) is 0 Å². The molecule has 0 saturated carbocycles. The molecule has 1 aliphatic heterocycles. The first-order valence-electron chi connectivity index (χ1n) is 9.73. The number of hydrogen-bond donors (Lipinski definition) is 3. The Labute approximate surface area is 183 Å². The summed E-state index contributed by atoms with van der Waals surface area (Å²) in [5.41, 5.74) is 4.67. The van der Waals surface area contributed by atoms with Gasteiger partial charge in [0.25, 0.3) is 5.91 Å². The second-order valence-electron chi connectivity index (χ2n) is 6.87. The van der Waals surface area contributed by atoms with Crippen molar-refractivity contribution in [2.45, 2.75) is 12.5 Å². The zero-order valence-corrected chi connectivity index (χ0v) is 17.3. The van der Waals surface area contributed by atoms with Crippen LogP contribution in [0.1, 0.15) is 28.0 Å². The Bertz CT molecular complexity index is 1150. The van der Waals surface area contributed by atoms with E-state index in [1.807, 2.05) is 30.3 Å². The highest BCUT2D eigenvalue weighted by Gasteiger charge is 2.28. The minimum Gasteiger partial charge on any atom is -0.302 e. The molecule has 1 atom stereocenters. The first kappa shape index (κ1) is 20.8.